The van der Waals surface area contributed by atoms with E-state index in [1.807, 2.05) is 13.8 Å². The molecular formula is C13H19NO4S. The minimum atomic E-state index is -0.435. The Morgan fingerprint density at radius 2 is 2.26 bits per heavy atom. The molecule has 1 N–H and O–H groups in total. The summed E-state index contributed by atoms with van der Waals surface area (Å²) in [7, 11) is 0. The highest BCUT2D eigenvalue weighted by Gasteiger charge is 2.16. The van der Waals surface area contributed by atoms with E-state index in [1.165, 1.54) is 6.07 Å². The van der Waals surface area contributed by atoms with E-state index in [9.17, 15) is 10.1 Å². The van der Waals surface area contributed by atoms with Crippen LogP contribution < -0.4 is 4.74 Å². The van der Waals surface area contributed by atoms with Crippen molar-refractivity contribution in [2.75, 3.05) is 19.0 Å². The third-order valence-electron chi connectivity index (χ3n) is 2.44. The Hall–Kier alpha value is -1.27. The Kier molecular flexibility index (Phi) is 6.66. The molecule has 0 heterocycles. The second kappa shape index (κ2) is 8.01. The molecule has 106 valence electrons. The lowest BCUT2D eigenvalue weighted by Gasteiger charge is -2.09. The van der Waals surface area contributed by atoms with Gasteiger partial charge >= 0.3 is 5.69 Å². The largest absolute Gasteiger partial charge is 0.487 e. The van der Waals surface area contributed by atoms with Crippen LogP contribution in [-0.4, -0.2) is 29.0 Å². The van der Waals surface area contributed by atoms with Gasteiger partial charge in [-0.2, -0.15) is 0 Å². The normalized spacial score (nSPS) is 12.2. The lowest BCUT2D eigenvalue weighted by atomic mass is 10.2. The predicted molar refractivity (Wildman–Crippen MR) is 75.9 cm³/mol. The van der Waals surface area contributed by atoms with Gasteiger partial charge in [0.15, 0.2) is 5.75 Å². The van der Waals surface area contributed by atoms with Gasteiger partial charge in [0.05, 0.1) is 11.5 Å². The van der Waals surface area contributed by atoms with E-state index in [0.717, 1.165) is 17.1 Å². The van der Waals surface area contributed by atoms with Crippen molar-refractivity contribution < 1.29 is 14.8 Å². The molecule has 0 aliphatic rings. The van der Waals surface area contributed by atoms with Crippen LogP contribution in [0.4, 0.5) is 5.69 Å². The minimum Gasteiger partial charge on any atom is -0.487 e. The first-order valence-corrected chi connectivity index (χ1v) is 7.22. The molecular weight excluding hydrogens is 266 g/mol. The maximum Gasteiger partial charge on any atom is 0.310 e. The number of ether oxygens (including phenoxy) is 1. The van der Waals surface area contributed by atoms with Gasteiger partial charge in [-0.15, -0.1) is 11.8 Å². The summed E-state index contributed by atoms with van der Waals surface area (Å²) in [4.78, 5) is 11.4. The number of nitro benzene ring substituents is 1. The molecule has 0 saturated heterocycles. The Bertz CT molecular complexity index is 425. The maximum absolute atomic E-state index is 10.9. The Morgan fingerprint density at radius 1 is 1.53 bits per heavy atom. The minimum absolute atomic E-state index is 0.00648. The smallest absolute Gasteiger partial charge is 0.310 e. The third-order valence-corrected chi connectivity index (χ3v) is 3.76. The summed E-state index contributed by atoms with van der Waals surface area (Å²) in [6.45, 7) is 4.50. The molecule has 1 atom stereocenters. The monoisotopic (exact) mass is 285 g/mol. The lowest BCUT2D eigenvalue weighted by molar-refractivity contribution is -0.385. The second-order valence-corrected chi connectivity index (χ2v) is 5.43. The zero-order valence-electron chi connectivity index (χ0n) is 11.2. The van der Waals surface area contributed by atoms with E-state index < -0.39 is 4.92 Å². The van der Waals surface area contributed by atoms with Gasteiger partial charge in [0, 0.05) is 29.4 Å². The average Bonchev–Trinajstić information content (AvgIpc) is 2.42. The van der Waals surface area contributed by atoms with E-state index in [1.54, 1.807) is 23.9 Å². The van der Waals surface area contributed by atoms with E-state index in [4.69, 9.17) is 9.84 Å². The van der Waals surface area contributed by atoms with Gasteiger partial charge in [-0.1, -0.05) is 13.8 Å². The molecule has 0 amide bonds. The number of benzene rings is 1. The molecule has 0 fully saturated rings. The lowest BCUT2D eigenvalue weighted by Crippen LogP contribution is -2.03. The van der Waals surface area contributed by atoms with Crippen LogP contribution in [0.25, 0.3) is 0 Å². The quantitative estimate of drug-likeness (QED) is 0.451. The predicted octanol–water partition coefficient (Wildman–Crippen LogP) is 3.10. The van der Waals surface area contributed by atoms with Crippen molar-refractivity contribution >= 4 is 17.4 Å². The number of aliphatic hydroxyl groups is 1. The van der Waals surface area contributed by atoms with Gasteiger partial charge < -0.3 is 9.84 Å². The highest BCUT2D eigenvalue weighted by Crippen LogP contribution is 2.32. The van der Waals surface area contributed by atoms with Crippen LogP contribution >= 0.6 is 11.8 Å². The highest BCUT2D eigenvalue weighted by molar-refractivity contribution is 7.99. The molecule has 0 aliphatic carbocycles. The molecule has 0 radical (unpaired) electrons. The van der Waals surface area contributed by atoms with Crippen LogP contribution in [0, 0.1) is 16.0 Å². The van der Waals surface area contributed by atoms with E-state index >= 15 is 0 Å². The highest BCUT2D eigenvalue weighted by atomic mass is 32.2. The molecule has 19 heavy (non-hydrogen) atoms. The van der Waals surface area contributed by atoms with Crippen LogP contribution in [0.2, 0.25) is 0 Å². The first kappa shape index (κ1) is 15.8. The molecule has 1 rings (SSSR count). The van der Waals surface area contributed by atoms with Gasteiger partial charge in [0.1, 0.15) is 0 Å². The van der Waals surface area contributed by atoms with Crippen molar-refractivity contribution in [2.45, 2.75) is 25.2 Å². The second-order valence-electron chi connectivity index (χ2n) is 4.33. The molecule has 0 spiro atoms. The van der Waals surface area contributed by atoms with Crippen molar-refractivity contribution in [3.8, 4) is 5.75 Å². The SMILES string of the molecule is CCCOc1cc(SCC(C)CO)ccc1[N+](=O)[O-]. The molecule has 0 aromatic heterocycles. The van der Waals surface area contributed by atoms with Crippen LogP contribution in [0.15, 0.2) is 23.1 Å². The Labute approximate surface area is 117 Å². The van der Waals surface area contributed by atoms with Crippen molar-refractivity contribution in [2.24, 2.45) is 5.92 Å². The van der Waals surface area contributed by atoms with E-state index in [-0.39, 0.29) is 18.2 Å². The Balaban J connectivity index is 2.81. The van der Waals surface area contributed by atoms with Crippen molar-refractivity contribution in [3.63, 3.8) is 0 Å². The Morgan fingerprint density at radius 3 is 2.84 bits per heavy atom. The first-order valence-electron chi connectivity index (χ1n) is 6.23. The fourth-order valence-corrected chi connectivity index (χ4v) is 2.29. The molecule has 1 aromatic carbocycles. The standard InChI is InChI=1S/C13H19NO4S/c1-3-6-18-13-7-11(19-9-10(2)8-15)4-5-12(13)14(16)17/h4-5,7,10,15H,3,6,8-9H2,1-2H3. The van der Waals surface area contributed by atoms with Gasteiger partial charge in [0.2, 0.25) is 0 Å². The molecule has 1 aromatic rings. The number of hydrogen-bond donors (Lipinski definition) is 1. The van der Waals surface area contributed by atoms with E-state index in [0.29, 0.717) is 12.4 Å². The number of aliphatic hydroxyl groups excluding tert-OH is 1. The zero-order valence-corrected chi connectivity index (χ0v) is 12.0. The van der Waals surface area contributed by atoms with Crippen molar-refractivity contribution in [3.05, 3.63) is 28.3 Å². The number of hydrogen-bond acceptors (Lipinski definition) is 5. The van der Waals surface area contributed by atoms with Crippen LogP contribution in [-0.2, 0) is 0 Å². The van der Waals surface area contributed by atoms with Gasteiger partial charge in [-0.05, 0) is 18.4 Å². The molecule has 6 heteroatoms. The van der Waals surface area contributed by atoms with Crippen molar-refractivity contribution in [1.82, 2.24) is 0 Å². The summed E-state index contributed by atoms with van der Waals surface area (Å²) >= 11 is 1.56. The van der Waals surface area contributed by atoms with Crippen molar-refractivity contribution in [1.29, 1.82) is 0 Å². The fourth-order valence-electron chi connectivity index (χ4n) is 1.35. The molecule has 0 aliphatic heterocycles. The third kappa shape index (κ3) is 5.08. The number of rotatable bonds is 8. The van der Waals surface area contributed by atoms with Gasteiger partial charge in [-0.3, -0.25) is 10.1 Å². The van der Waals surface area contributed by atoms with E-state index in [2.05, 4.69) is 0 Å². The van der Waals surface area contributed by atoms with Crippen LogP contribution in [0.5, 0.6) is 5.75 Å². The summed E-state index contributed by atoms with van der Waals surface area (Å²) in [5.74, 6) is 1.27. The number of nitrogens with zero attached hydrogens (tertiary/aromatic N) is 1. The number of nitro groups is 1. The zero-order chi connectivity index (χ0) is 14.3. The first-order chi connectivity index (χ1) is 9.08. The molecule has 5 nitrogen and oxygen atoms in total. The topological polar surface area (TPSA) is 72.6 Å². The summed E-state index contributed by atoms with van der Waals surface area (Å²) < 4.78 is 5.42. The summed E-state index contributed by atoms with van der Waals surface area (Å²) in [6.07, 6.45) is 0.802. The molecule has 1 unspecified atom stereocenters. The number of thioether (sulfide) groups is 1. The molecule has 0 bridgehead atoms. The summed E-state index contributed by atoms with van der Waals surface area (Å²) in [5, 5.41) is 19.9. The van der Waals surface area contributed by atoms with Crippen LogP contribution in [0.3, 0.4) is 0 Å². The van der Waals surface area contributed by atoms with Gasteiger partial charge in [0.25, 0.3) is 0 Å². The average molecular weight is 285 g/mol. The molecule has 0 saturated carbocycles. The summed E-state index contributed by atoms with van der Waals surface area (Å²) in [5.41, 5.74) is -0.00648. The maximum atomic E-state index is 10.9. The van der Waals surface area contributed by atoms with Crippen LogP contribution in [0.1, 0.15) is 20.3 Å². The summed E-state index contributed by atoms with van der Waals surface area (Å²) in [6, 6.07) is 4.88. The fraction of sp³-hybridized carbons (Fsp3) is 0.538. The van der Waals surface area contributed by atoms with Gasteiger partial charge in [-0.25, -0.2) is 0 Å².